The van der Waals surface area contributed by atoms with Gasteiger partial charge in [0, 0.05) is 12.6 Å². The second kappa shape index (κ2) is 7.05. The van der Waals surface area contributed by atoms with Crippen LogP contribution in [0.15, 0.2) is 39.7 Å². The summed E-state index contributed by atoms with van der Waals surface area (Å²) in [6, 6.07) is 6.35. The Bertz CT molecular complexity index is 1410. The summed E-state index contributed by atoms with van der Waals surface area (Å²) in [5, 5.41) is 15.0. The molecule has 0 atom stereocenters. The number of benzene rings is 1. The lowest BCUT2D eigenvalue weighted by Gasteiger charge is -2.18. The van der Waals surface area contributed by atoms with Gasteiger partial charge in [0.05, 0.1) is 11.9 Å². The van der Waals surface area contributed by atoms with Crippen molar-refractivity contribution < 1.29 is 23.1 Å². The summed E-state index contributed by atoms with van der Waals surface area (Å²) < 4.78 is 25.4. The average Bonchev–Trinajstić information content (AvgIpc) is 3.36. The predicted molar refractivity (Wildman–Crippen MR) is 101 cm³/mol. The van der Waals surface area contributed by atoms with Crippen LogP contribution in [0, 0.1) is 5.82 Å². The van der Waals surface area contributed by atoms with E-state index in [9.17, 15) is 18.8 Å². The van der Waals surface area contributed by atoms with Gasteiger partial charge in [-0.2, -0.15) is 5.10 Å². The van der Waals surface area contributed by atoms with Gasteiger partial charge in [-0.1, -0.05) is 6.07 Å². The van der Waals surface area contributed by atoms with Gasteiger partial charge in [-0.05, 0) is 17.7 Å². The fourth-order valence-electron chi connectivity index (χ4n) is 3.06. The highest BCUT2D eigenvalue weighted by molar-refractivity contribution is 5.95. The number of ether oxygens (including phenoxy) is 1. The van der Waals surface area contributed by atoms with E-state index in [-0.39, 0.29) is 42.0 Å². The van der Waals surface area contributed by atoms with E-state index in [1.165, 1.54) is 6.07 Å². The van der Waals surface area contributed by atoms with Crippen LogP contribution in [-0.2, 0) is 11.3 Å². The molecule has 3 aromatic heterocycles. The van der Waals surface area contributed by atoms with E-state index in [1.54, 1.807) is 18.2 Å². The number of fused-ring (bicyclic) bond motifs is 2. The molecule has 1 aliphatic heterocycles. The van der Waals surface area contributed by atoms with Crippen molar-refractivity contribution in [3.05, 3.63) is 58.1 Å². The van der Waals surface area contributed by atoms with Crippen LogP contribution in [-0.4, -0.2) is 43.2 Å². The van der Waals surface area contributed by atoms with Gasteiger partial charge in [0.1, 0.15) is 17.1 Å². The largest absolute Gasteiger partial charge is 0.482 e. The third-order valence-corrected chi connectivity index (χ3v) is 4.45. The number of H-pyrrole nitrogens is 1. The molecule has 2 amide bonds. The maximum absolute atomic E-state index is 14.1. The van der Waals surface area contributed by atoms with Gasteiger partial charge in [-0.15, -0.1) is 5.10 Å². The molecule has 31 heavy (non-hydrogen) atoms. The number of aromatic amines is 1. The zero-order valence-corrected chi connectivity index (χ0v) is 15.5. The Balaban J connectivity index is 1.42. The van der Waals surface area contributed by atoms with E-state index in [4.69, 9.17) is 9.15 Å². The third-order valence-electron chi connectivity index (χ3n) is 4.45. The number of nitrogens with one attached hydrogen (secondary N) is 3. The van der Waals surface area contributed by atoms with Crippen LogP contribution in [0.3, 0.4) is 0 Å². The number of anilines is 1. The molecule has 0 unspecified atom stereocenters. The van der Waals surface area contributed by atoms with Crippen molar-refractivity contribution in [1.82, 2.24) is 30.1 Å². The quantitative estimate of drug-likeness (QED) is 0.426. The van der Waals surface area contributed by atoms with E-state index in [1.807, 2.05) is 0 Å². The Morgan fingerprint density at radius 3 is 2.97 bits per heavy atom. The number of amides is 2. The normalized spacial score (nSPS) is 12.9. The Kier molecular flexibility index (Phi) is 4.20. The fourth-order valence-corrected chi connectivity index (χ4v) is 3.06. The van der Waals surface area contributed by atoms with Gasteiger partial charge in [-0.3, -0.25) is 9.59 Å². The lowest BCUT2D eigenvalue weighted by Crippen LogP contribution is -2.26. The molecule has 0 saturated heterocycles. The number of aromatic nitrogens is 5. The monoisotopic (exact) mass is 425 g/mol. The SMILES string of the molecule is O=C1COc2ccc(CNC(=O)c3cc(-c4n[nH]c(=O)o4)n4ncc(F)c4n3)cc2N1. The van der Waals surface area contributed by atoms with Crippen molar-refractivity contribution in [2.45, 2.75) is 6.54 Å². The van der Waals surface area contributed by atoms with Crippen molar-refractivity contribution in [1.29, 1.82) is 0 Å². The second-order valence-electron chi connectivity index (χ2n) is 6.52. The van der Waals surface area contributed by atoms with Gasteiger partial charge >= 0.3 is 5.76 Å². The van der Waals surface area contributed by atoms with Gasteiger partial charge in [0.2, 0.25) is 0 Å². The first-order valence-corrected chi connectivity index (χ1v) is 8.92. The first-order chi connectivity index (χ1) is 15.0. The summed E-state index contributed by atoms with van der Waals surface area (Å²) in [7, 11) is 0. The summed E-state index contributed by atoms with van der Waals surface area (Å²) in [6.07, 6.45) is 0.918. The van der Waals surface area contributed by atoms with Crippen molar-refractivity contribution in [2.24, 2.45) is 0 Å². The van der Waals surface area contributed by atoms with Gasteiger partial charge in [-0.25, -0.2) is 23.8 Å². The Labute approximate surface area is 171 Å². The molecule has 0 fully saturated rings. The summed E-state index contributed by atoms with van der Waals surface area (Å²) in [6.45, 7) is 0.0459. The third kappa shape index (κ3) is 3.37. The molecule has 0 radical (unpaired) electrons. The van der Waals surface area contributed by atoms with E-state index in [0.717, 1.165) is 10.7 Å². The molecule has 1 aliphatic rings. The van der Waals surface area contributed by atoms with Crippen LogP contribution in [0.25, 0.3) is 17.2 Å². The summed E-state index contributed by atoms with van der Waals surface area (Å²) in [5.41, 5.74) is 0.878. The lowest BCUT2D eigenvalue weighted by atomic mass is 10.1. The second-order valence-corrected chi connectivity index (χ2v) is 6.52. The highest BCUT2D eigenvalue weighted by Crippen LogP contribution is 2.28. The minimum atomic E-state index is -0.818. The smallest absolute Gasteiger partial charge is 0.434 e. The van der Waals surface area contributed by atoms with E-state index in [0.29, 0.717) is 17.0 Å². The molecular formula is C18H12FN7O5. The minimum absolute atomic E-state index is 0.0547. The molecule has 0 spiro atoms. The number of halogens is 1. The highest BCUT2D eigenvalue weighted by Gasteiger charge is 2.20. The zero-order chi connectivity index (χ0) is 21.5. The van der Waals surface area contributed by atoms with Crippen molar-refractivity contribution >= 4 is 23.1 Å². The van der Waals surface area contributed by atoms with E-state index >= 15 is 0 Å². The topological polar surface area (TPSA) is 157 Å². The number of rotatable bonds is 4. The number of carbonyl (C=O) groups is 2. The van der Waals surface area contributed by atoms with Crippen molar-refractivity contribution in [3.8, 4) is 17.3 Å². The molecule has 4 aromatic rings. The van der Waals surface area contributed by atoms with E-state index < -0.39 is 17.5 Å². The molecule has 12 nitrogen and oxygen atoms in total. The van der Waals surface area contributed by atoms with Crippen LogP contribution in [0.2, 0.25) is 0 Å². The summed E-state index contributed by atoms with van der Waals surface area (Å²) in [5.74, 6) is -2.11. The number of hydrogen-bond acceptors (Lipinski definition) is 8. The molecule has 1 aromatic carbocycles. The fraction of sp³-hybridized carbons (Fsp3) is 0.111. The maximum Gasteiger partial charge on any atom is 0.434 e. The number of nitrogens with zero attached hydrogens (tertiary/aromatic N) is 4. The van der Waals surface area contributed by atoms with Crippen LogP contribution < -0.4 is 21.1 Å². The summed E-state index contributed by atoms with van der Waals surface area (Å²) >= 11 is 0. The molecular weight excluding hydrogens is 413 g/mol. The molecule has 0 aliphatic carbocycles. The van der Waals surface area contributed by atoms with Gasteiger partial charge in [0.15, 0.2) is 18.1 Å². The minimum Gasteiger partial charge on any atom is -0.482 e. The Hall–Kier alpha value is -4.55. The van der Waals surface area contributed by atoms with Crippen LogP contribution in [0.5, 0.6) is 5.75 Å². The maximum atomic E-state index is 14.1. The molecule has 13 heteroatoms. The lowest BCUT2D eigenvalue weighted by molar-refractivity contribution is -0.118. The van der Waals surface area contributed by atoms with Crippen molar-refractivity contribution in [2.75, 3.05) is 11.9 Å². The highest BCUT2D eigenvalue weighted by atomic mass is 19.1. The van der Waals surface area contributed by atoms with E-state index in [2.05, 4.69) is 30.9 Å². The van der Waals surface area contributed by atoms with Crippen molar-refractivity contribution in [3.63, 3.8) is 0 Å². The molecule has 156 valence electrons. The Morgan fingerprint density at radius 1 is 1.29 bits per heavy atom. The molecule has 0 bridgehead atoms. The Morgan fingerprint density at radius 2 is 2.16 bits per heavy atom. The first kappa shape index (κ1) is 18.5. The molecule has 3 N–H and O–H groups in total. The summed E-state index contributed by atoms with van der Waals surface area (Å²) in [4.78, 5) is 39.4. The van der Waals surface area contributed by atoms with Gasteiger partial charge < -0.3 is 19.8 Å². The van der Waals surface area contributed by atoms with Gasteiger partial charge in [0.25, 0.3) is 17.7 Å². The number of carbonyl (C=O) groups excluding carboxylic acids is 2. The first-order valence-electron chi connectivity index (χ1n) is 8.92. The number of hydrogen-bond donors (Lipinski definition) is 3. The molecule has 5 rings (SSSR count). The standard InChI is InChI=1S/C18H12FN7O5/c19-9-6-21-26-12(17-24-25-18(29)31-17)4-11(23-15(9)26)16(28)20-5-8-1-2-13-10(3-8)22-14(27)7-30-13/h1-4,6H,5,7H2,(H,20,28)(H,22,27)(H,25,29). The zero-order valence-electron chi connectivity index (χ0n) is 15.5. The van der Waals surface area contributed by atoms with Crippen LogP contribution in [0.1, 0.15) is 16.1 Å². The predicted octanol–water partition coefficient (Wildman–Crippen LogP) is 0.473. The molecule has 0 saturated carbocycles. The average molecular weight is 425 g/mol. The van der Waals surface area contributed by atoms with Crippen LogP contribution >= 0.6 is 0 Å². The molecule has 4 heterocycles. The van der Waals surface area contributed by atoms with Crippen LogP contribution in [0.4, 0.5) is 10.1 Å².